The first-order chi connectivity index (χ1) is 47.3. The Bertz CT molecular complexity index is 4550. The van der Waals surface area contributed by atoms with E-state index in [1.54, 1.807) is 45.0 Å². The summed E-state index contributed by atoms with van der Waals surface area (Å²) in [6.45, 7) is 4.28. The number of methoxy groups -OCH3 is 1. The van der Waals surface area contributed by atoms with Crippen molar-refractivity contribution < 1.29 is 87.3 Å². The van der Waals surface area contributed by atoms with Gasteiger partial charge in [0.25, 0.3) is 23.6 Å². The number of aromatic nitrogens is 7. The lowest BCUT2D eigenvalue weighted by molar-refractivity contribution is -0.280. The van der Waals surface area contributed by atoms with Gasteiger partial charge in [0.2, 0.25) is 5.91 Å². The van der Waals surface area contributed by atoms with E-state index in [4.69, 9.17) is 49.1 Å². The zero-order valence-electron chi connectivity index (χ0n) is 53.3. The third-order valence-electron chi connectivity index (χ3n) is 16.5. The van der Waals surface area contributed by atoms with Crippen molar-refractivity contribution >= 4 is 121 Å². The van der Waals surface area contributed by atoms with Gasteiger partial charge >= 0.3 is 18.0 Å². The van der Waals surface area contributed by atoms with Gasteiger partial charge in [-0.25, -0.2) is 44.3 Å². The van der Waals surface area contributed by atoms with Crippen molar-refractivity contribution in [2.75, 3.05) is 40.9 Å². The highest BCUT2D eigenvalue weighted by Crippen LogP contribution is 2.43. The number of benzene rings is 1. The quantitative estimate of drug-likeness (QED) is 0.0403. The standard InChI is InChI=1S/C61H63N15O18S5/c1-23(77)39-52(83)73-40(24(2)89-7)55-69-34(22-97-55)51(82)74-43-45-46(94-37-14-61(4,87)47(75(5)6)25(3)93-37)59(85)91-15-26-9-8-10-35-38(26)28(16-90-45)44(76(35)88)58(84)92-17-29(65-49(80)32-21-99-57(43)70-32)54-66-30(18-96-54)41-27(53-67-33(20-95-53)50(81)72-39)13-36(78)42(71-41)56-68-31(19-98-56)48(79)63-11-12-64-60(62)86/h8-10,13,18-23,25,29,37,39,43,45-47,77-78,87-88H,11-12,14-17H2,1-7H3,(H,63,79)(H,65,80)(H,72,81)(H,73,83)(H,74,82)(H3,62,64,86)/b40-24+/t23-,25+,29+,37+,39+,43+,45+,46+,47-,61+/m1/s1. The van der Waals surface area contributed by atoms with Crippen LogP contribution in [0, 0.1) is 0 Å². The number of allylic oxidation sites excluding steroid dienone is 1. The number of cyclic esters (lactones) is 2. The number of thiazole rings is 5. The average molecular weight is 1450 g/mol. The first-order valence-electron chi connectivity index (χ1n) is 30.3. The minimum Gasteiger partial charge on any atom is -0.506 e. The van der Waals surface area contributed by atoms with Crippen molar-refractivity contribution in [3.05, 3.63) is 112 Å². The number of fused-ring (bicyclic) bond motifs is 15. The number of ether oxygens (including phenoxy) is 6. The number of amides is 7. The zero-order chi connectivity index (χ0) is 70.5. The van der Waals surface area contributed by atoms with Gasteiger partial charge in [-0.2, -0.15) is 4.73 Å². The summed E-state index contributed by atoms with van der Waals surface area (Å²) in [6.07, 6.45) is -7.54. The molecule has 7 aromatic heterocycles. The Morgan fingerprint density at radius 1 is 0.838 bits per heavy atom. The van der Waals surface area contributed by atoms with Gasteiger partial charge in [0.1, 0.15) is 120 Å². The molecule has 12 N–H and O–H groups in total. The second-order valence-electron chi connectivity index (χ2n) is 23.6. The summed E-state index contributed by atoms with van der Waals surface area (Å²) < 4.78 is 38.2. The van der Waals surface area contributed by atoms with Crippen molar-refractivity contribution in [2.24, 2.45) is 5.73 Å². The molecule has 99 heavy (non-hydrogen) atoms. The number of nitrogens with one attached hydrogen (secondary N) is 6. The van der Waals surface area contributed by atoms with E-state index in [-0.39, 0.29) is 118 Å². The van der Waals surface area contributed by atoms with E-state index in [0.29, 0.717) is 10.3 Å². The Balaban J connectivity index is 1.03. The highest BCUT2D eigenvalue weighted by molar-refractivity contribution is 7.14. The van der Waals surface area contributed by atoms with Gasteiger partial charge < -0.3 is 91.5 Å². The number of aliphatic hydroxyl groups is 2. The fourth-order valence-electron chi connectivity index (χ4n) is 11.9. The first-order valence-corrected chi connectivity index (χ1v) is 34.7. The number of rotatable bonds is 10. The number of aliphatic hydroxyl groups excluding tert-OH is 1. The van der Waals surface area contributed by atoms with Crippen LogP contribution in [0.2, 0.25) is 0 Å². The normalized spacial score (nSPS) is 23.9. The van der Waals surface area contributed by atoms with Crippen molar-refractivity contribution in [2.45, 2.75) is 108 Å². The minimum atomic E-state index is -1.92. The van der Waals surface area contributed by atoms with Gasteiger partial charge in [-0.3, -0.25) is 24.0 Å². The number of primary amides is 1. The fraction of sp³-hybridized carbons (Fsp3) is 0.377. The lowest BCUT2D eigenvalue weighted by Gasteiger charge is -2.48. The zero-order valence-corrected chi connectivity index (χ0v) is 57.4. The van der Waals surface area contributed by atoms with Crippen LogP contribution in [0.3, 0.4) is 0 Å². The molecule has 0 unspecified atom stereocenters. The second kappa shape index (κ2) is 28.4. The number of aromatic hydroxyl groups is 1. The van der Waals surface area contributed by atoms with Gasteiger partial charge in [0, 0.05) is 62.9 Å². The van der Waals surface area contributed by atoms with E-state index in [2.05, 4.69) is 46.9 Å². The van der Waals surface area contributed by atoms with Crippen LogP contribution in [0.25, 0.3) is 49.3 Å². The number of carbonyl (C=O) groups is 8. The Hall–Kier alpha value is -9.48. The van der Waals surface area contributed by atoms with Crippen LogP contribution in [-0.2, 0) is 51.2 Å². The number of nitrogens with two attached hydrogens (primary N) is 1. The van der Waals surface area contributed by atoms with E-state index in [1.165, 1.54) is 60.0 Å². The number of likely N-dealkylation sites (N-methyl/N-ethyl adjacent to an activating group) is 1. The van der Waals surface area contributed by atoms with Crippen molar-refractivity contribution in [3.63, 3.8) is 0 Å². The lowest BCUT2D eigenvalue weighted by Crippen LogP contribution is -2.62. The molecule has 0 spiro atoms. The first kappa shape index (κ1) is 69.4. The molecule has 4 aliphatic rings. The molecule has 7 amide bonds. The number of nitrogens with zero attached hydrogens (tertiary/aromatic N) is 8. The maximum absolute atomic E-state index is 15.2. The molecule has 12 bridgehead atoms. The van der Waals surface area contributed by atoms with Crippen LogP contribution in [0.4, 0.5) is 4.79 Å². The summed E-state index contributed by atoms with van der Waals surface area (Å²) >= 11 is 4.56. The Morgan fingerprint density at radius 3 is 2.23 bits per heavy atom. The number of hydrogen-bond donors (Lipinski definition) is 11. The predicted octanol–water partition coefficient (Wildman–Crippen LogP) is 3.56. The molecule has 10 atom stereocenters. The summed E-state index contributed by atoms with van der Waals surface area (Å²) in [4.78, 5) is 143. The van der Waals surface area contributed by atoms with Gasteiger partial charge in [-0.05, 0) is 59.5 Å². The largest absolute Gasteiger partial charge is 0.506 e. The van der Waals surface area contributed by atoms with Crippen LogP contribution < -0.4 is 37.6 Å². The number of hydrogen-bond acceptors (Lipinski definition) is 30. The highest BCUT2D eigenvalue weighted by Gasteiger charge is 2.50. The summed E-state index contributed by atoms with van der Waals surface area (Å²) in [6, 6.07) is -0.0959. The minimum absolute atomic E-state index is 0.00141. The van der Waals surface area contributed by atoms with Gasteiger partial charge in [0.15, 0.2) is 18.1 Å². The van der Waals surface area contributed by atoms with Crippen molar-refractivity contribution in [1.29, 1.82) is 0 Å². The SMILES string of the molecule is CO/C(C)=C1/NC(=O)[C@H]([C@@H](C)O)NC(=O)c2csc(n2)-c2cc(O)c(-c3nc(C(=O)NCCNC(N)=O)cs3)nc2-c2csc(n2)[C@@H]2COC(=O)c3c4c5c(cccc5n3O)COC(=O)[C@@H](O[C@H]3C[C@](C)(O)[C@H](N(C)C)[C@H](C)O3)[C@@H](OC4)[C@H](NC(=O)c3csc1n3)c1nc(cs1)C(=O)N2. The molecule has 4 aliphatic heterocycles. The fourth-order valence-corrected chi connectivity index (χ4v) is 16.1. The highest BCUT2D eigenvalue weighted by atomic mass is 32.1. The summed E-state index contributed by atoms with van der Waals surface area (Å²) in [5, 5.41) is 70.4. The molecular formula is C61H63N15O18S5. The van der Waals surface area contributed by atoms with Gasteiger partial charge in [-0.1, -0.05) is 12.1 Å². The molecule has 520 valence electrons. The maximum Gasteiger partial charge on any atom is 0.358 e. The molecule has 1 fully saturated rings. The Morgan fingerprint density at radius 2 is 1.51 bits per heavy atom. The maximum atomic E-state index is 15.2. The monoisotopic (exact) mass is 1450 g/mol. The molecule has 12 rings (SSSR count). The van der Waals surface area contributed by atoms with E-state index in [0.717, 1.165) is 56.7 Å². The molecule has 8 aromatic rings. The van der Waals surface area contributed by atoms with Crippen LogP contribution >= 0.6 is 56.7 Å². The molecule has 0 radical (unpaired) electrons. The van der Waals surface area contributed by atoms with Crippen molar-refractivity contribution in [3.8, 4) is 38.4 Å². The number of esters is 2. The molecule has 0 saturated carbocycles. The molecule has 33 nitrogen and oxygen atoms in total. The van der Waals surface area contributed by atoms with E-state index in [9.17, 15) is 44.5 Å². The van der Waals surface area contributed by atoms with Gasteiger partial charge in [0.05, 0.1) is 43.1 Å². The predicted molar refractivity (Wildman–Crippen MR) is 354 cm³/mol. The van der Waals surface area contributed by atoms with E-state index >= 15 is 14.4 Å². The second-order valence-corrected chi connectivity index (χ2v) is 27.9. The van der Waals surface area contributed by atoms with E-state index < -0.39 is 139 Å². The van der Waals surface area contributed by atoms with Crippen LogP contribution in [0.1, 0.15) is 125 Å². The summed E-state index contributed by atoms with van der Waals surface area (Å²) in [7, 11) is 4.84. The van der Waals surface area contributed by atoms with E-state index in [1.807, 2.05) is 0 Å². The molecule has 11 heterocycles. The third-order valence-corrected chi connectivity index (χ3v) is 20.9. The summed E-state index contributed by atoms with van der Waals surface area (Å²) in [5.41, 5.74) is 2.60. The number of carbonyl (C=O) groups excluding carboxylic acids is 8. The van der Waals surface area contributed by atoms with Crippen LogP contribution in [0.15, 0.2) is 56.9 Å². The Labute approximate surface area is 580 Å². The van der Waals surface area contributed by atoms with Crippen LogP contribution in [-0.4, -0.2) is 197 Å². The molecule has 0 aliphatic carbocycles. The van der Waals surface area contributed by atoms with Crippen molar-refractivity contribution in [1.82, 2.24) is 71.4 Å². The average Bonchev–Trinajstić information content (AvgIpc) is 1.65. The molecular weight excluding hydrogens is 1390 g/mol. The molecule has 1 saturated heterocycles. The van der Waals surface area contributed by atoms with Gasteiger partial charge in [-0.15, -0.1) is 56.7 Å². The lowest BCUT2D eigenvalue weighted by atomic mass is 9.85. The third kappa shape index (κ3) is 14.1. The topological polar surface area (TPSA) is 457 Å². The number of urea groups is 1. The molecule has 1 aromatic carbocycles. The molecule has 38 heteroatoms. The Kier molecular flexibility index (Phi) is 19.9. The summed E-state index contributed by atoms with van der Waals surface area (Å²) in [5.74, 6) is -6.97. The van der Waals surface area contributed by atoms with Crippen LogP contribution in [0.5, 0.6) is 5.75 Å². The smallest absolute Gasteiger partial charge is 0.358 e. The number of pyridine rings is 1.